The van der Waals surface area contributed by atoms with Crippen LogP contribution in [0.4, 0.5) is 0 Å². The summed E-state index contributed by atoms with van der Waals surface area (Å²) in [6.45, 7) is 4.06. The second-order valence-corrected chi connectivity index (χ2v) is 3.94. The molecule has 0 fully saturated rings. The second-order valence-electron chi connectivity index (χ2n) is 3.94. The highest BCUT2D eigenvalue weighted by molar-refractivity contribution is 6.00. The van der Waals surface area contributed by atoms with Crippen molar-refractivity contribution in [1.82, 2.24) is 4.90 Å². The van der Waals surface area contributed by atoms with Crippen LogP contribution in [0, 0.1) is 0 Å². The van der Waals surface area contributed by atoms with Gasteiger partial charge in [-0.05, 0) is 39.1 Å². The molecule has 3 nitrogen and oxygen atoms in total. The van der Waals surface area contributed by atoms with Gasteiger partial charge in [0.1, 0.15) is 0 Å². The summed E-state index contributed by atoms with van der Waals surface area (Å²) in [7, 11) is 3.88. The summed E-state index contributed by atoms with van der Waals surface area (Å²) in [4.78, 5) is 14.3. The molecule has 0 saturated heterocycles. The Labute approximate surface area is 91.1 Å². The summed E-state index contributed by atoms with van der Waals surface area (Å²) in [6.07, 6.45) is 3.12. The van der Waals surface area contributed by atoms with E-state index in [1.54, 1.807) is 18.4 Å². The van der Waals surface area contributed by atoms with Crippen LogP contribution < -0.4 is 0 Å². The van der Waals surface area contributed by atoms with E-state index in [1.807, 2.05) is 32.8 Å². The van der Waals surface area contributed by atoms with Crippen molar-refractivity contribution in [2.45, 2.75) is 32.2 Å². The average molecular weight is 209 g/mol. The zero-order valence-electron chi connectivity index (χ0n) is 9.91. The van der Waals surface area contributed by atoms with Gasteiger partial charge in [0.05, 0.1) is 11.8 Å². The molecule has 0 atom stereocenters. The maximum atomic E-state index is 12.3. The third-order valence-electron chi connectivity index (χ3n) is 3.19. The summed E-state index contributed by atoms with van der Waals surface area (Å²) in [6, 6.07) is 3.48. The Kier molecular flexibility index (Phi) is 3.69. The number of ketones is 1. The van der Waals surface area contributed by atoms with Crippen LogP contribution in [0.15, 0.2) is 22.8 Å². The molecule has 1 rings (SSSR count). The van der Waals surface area contributed by atoms with Crippen LogP contribution in [0.3, 0.4) is 0 Å². The van der Waals surface area contributed by atoms with Crippen LogP contribution in [0.5, 0.6) is 0 Å². The van der Waals surface area contributed by atoms with Crippen molar-refractivity contribution in [3.05, 3.63) is 24.2 Å². The molecule has 0 amide bonds. The minimum absolute atomic E-state index is 0.0718. The van der Waals surface area contributed by atoms with E-state index in [4.69, 9.17) is 4.42 Å². The van der Waals surface area contributed by atoms with Crippen LogP contribution in [0.25, 0.3) is 0 Å². The van der Waals surface area contributed by atoms with Gasteiger partial charge in [-0.25, -0.2) is 0 Å². The van der Waals surface area contributed by atoms with Crippen molar-refractivity contribution in [2.75, 3.05) is 14.1 Å². The highest BCUT2D eigenvalue weighted by atomic mass is 16.3. The molecule has 15 heavy (non-hydrogen) atoms. The number of hydrogen-bond acceptors (Lipinski definition) is 3. The van der Waals surface area contributed by atoms with Gasteiger partial charge in [0.15, 0.2) is 5.76 Å². The first-order valence-corrected chi connectivity index (χ1v) is 5.34. The number of Topliss-reactive ketones (excluding diaryl/α,β-unsaturated/α-hetero) is 1. The quantitative estimate of drug-likeness (QED) is 0.699. The molecule has 3 heteroatoms. The number of carbonyl (C=O) groups excluding carboxylic acids is 1. The van der Waals surface area contributed by atoms with E-state index in [2.05, 4.69) is 0 Å². The standard InChI is InChI=1S/C12H19NO2/c1-5-12(6-2,13(3)4)11(14)10-8-7-9-15-10/h7-9H,5-6H2,1-4H3. The SMILES string of the molecule is CCC(CC)(C(=O)c1ccco1)N(C)C. The normalized spacial score (nSPS) is 12.1. The Morgan fingerprint density at radius 2 is 2.00 bits per heavy atom. The third kappa shape index (κ3) is 1.97. The lowest BCUT2D eigenvalue weighted by molar-refractivity contribution is 0.0626. The van der Waals surface area contributed by atoms with Crippen molar-refractivity contribution in [2.24, 2.45) is 0 Å². The summed E-state index contributed by atoms with van der Waals surface area (Å²) in [5, 5.41) is 0. The van der Waals surface area contributed by atoms with Gasteiger partial charge in [-0.1, -0.05) is 13.8 Å². The van der Waals surface area contributed by atoms with E-state index >= 15 is 0 Å². The molecular formula is C12H19NO2. The van der Waals surface area contributed by atoms with E-state index in [-0.39, 0.29) is 5.78 Å². The molecule has 1 aromatic rings. The van der Waals surface area contributed by atoms with Crippen LogP contribution in [-0.2, 0) is 0 Å². The van der Waals surface area contributed by atoms with Gasteiger partial charge in [0, 0.05) is 0 Å². The lowest BCUT2D eigenvalue weighted by atomic mass is 9.85. The van der Waals surface area contributed by atoms with Crippen molar-refractivity contribution in [3.63, 3.8) is 0 Å². The predicted octanol–water partition coefficient (Wildman–Crippen LogP) is 2.58. The largest absolute Gasteiger partial charge is 0.461 e. The maximum Gasteiger partial charge on any atom is 0.218 e. The first-order chi connectivity index (χ1) is 7.08. The fraction of sp³-hybridized carbons (Fsp3) is 0.583. The van der Waals surface area contributed by atoms with E-state index in [0.29, 0.717) is 5.76 Å². The van der Waals surface area contributed by atoms with Gasteiger partial charge in [0.2, 0.25) is 5.78 Å². The molecule has 84 valence electrons. The van der Waals surface area contributed by atoms with E-state index in [1.165, 1.54) is 0 Å². The van der Waals surface area contributed by atoms with E-state index in [9.17, 15) is 4.79 Å². The minimum Gasteiger partial charge on any atom is -0.461 e. The number of hydrogen-bond donors (Lipinski definition) is 0. The first kappa shape index (κ1) is 12.0. The molecule has 0 saturated carbocycles. The third-order valence-corrected chi connectivity index (χ3v) is 3.19. The van der Waals surface area contributed by atoms with E-state index < -0.39 is 5.54 Å². The molecule has 0 bridgehead atoms. The maximum absolute atomic E-state index is 12.3. The van der Waals surface area contributed by atoms with Gasteiger partial charge in [0.25, 0.3) is 0 Å². The molecule has 0 aliphatic heterocycles. The van der Waals surface area contributed by atoms with Crippen LogP contribution in [0.2, 0.25) is 0 Å². The Hall–Kier alpha value is -1.09. The Morgan fingerprint density at radius 1 is 1.40 bits per heavy atom. The van der Waals surface area contributed by atoms with Crippen molar-refractivity contribution in [3.8, 4) is 0 Å². The lowest BCUT2D eigenvalue weighted by Gasteiger charge is -2.36. The number of nitrogens with zero attached hydrogens (tertiary/aromatic N) is 1. The van der Waals surface area contributed by atoms with Gasteiger partial charge < -0.3 is 4.42 Å². The summed E-state index contributed by atoms with van der Waals surface area (Å²) in [5.74, 6) is 0.523. The van der Waals surface area contributed by atoms with Gasteiger partial charge in [-0.2, -0.15) is 0 Å². The van der Waals surface area contributed by atoms with Crippen LogP contribution in [-0.4, -0.2) is 30.3 Å². The number of likely N-dealkylation sites (N-methyl/N-ethyl adjacent to an activating group) is 1. The zero-order chi connectivity index (χ0) is 11.5. The molecule has 1 heterocycles. The summed E-state index contributed by atoms with van der Waals surface area (Å²) in [5.41, 5.74) is -0.433. The van der Waals surface area contributed by atoms with Crippen molar-refractivity contribution < 1.29 is 9.21 Å². The second kappa shape index (κ2) is 4.62. The number of rotatable bonds is 5. The number of carbonyl (C=O) groups is 1. The summed E-state index contributed by atoms with van der Waals surface area (Å²) >= 11 is 0. The molecule has 0 unspecified atom stereocenters. The van der Waals surface area contributed by atoms with Crippen LogP contribution >= 0.6 is 0 Å². The Balaban J connectivity index is 3.05. The van der Waals surface area contributed by atoms with Gasteiger partial charge in [-0.3, -0.25) is 9.69 Å². The topological polar surface area (TPSA) is 33.5 Å². The predicted molar refractivity (Wildman–Crippen MR) is 60.0 cm³/mol. The van der Waals surface area contributed by atoms with Gasteiger partial charge >= 0.3 is 0 Å². The first-order valence-electron chi connectivity index (χ1n) is 5.34. The average Bonchev–Trinajstić information content (AvgIpc) is 2.72. The molecule has 0 aliphatic carbocycles. The lowest BCUT2D eigenvalue weighted by Crippen LogP contribution is -2.50. The molecule has 0 aromatic carbocycles. The smallest absolute Gasteiger partial charge is 0.218 e. The molecule has 0 aliphatic rings. The summed E-state index contributed by atoms with van der Waals surface area (Å²) < 4.78 is 5.18. The highest BCUT2D eigenvalue weighted by Crippen LogP contribution is 2.26. The minimum atomic E-state index is -0.433. The van der Waals surface area contributed by atoms with Crippen molar-refractivity contribution >= 4 is 5.78 Å². The fourth-order valence-electron chi connectivity index (χ4n) is 2.04. The Bertz CT molecular complexity index is 310. The monoisotopic (exact) mass is 209 g/mol. The molecule has 0 N–H and O–H groups in total. The molecule has 0 spiro atoms. The van der Waals surface area contributed by atoms with Crippen LogP contribution in [0.1, 0.15) is 37.2 Å². The fourth-order valence-corrected chi connectivity index (χ4v) is 2.04. The van der Waals surface area contributed by atoms with E-state index in [0.717, 1.165) is 12.8 Å². The van der Waals surface area contributed by atoms with Crippen molar-refractivity contribution in [1.29, 1.82) is 0 Å². The zero-order valence-corrected chi connectivity index (χ0v) is 9.91. The molecule has 0 radical (unpaired) electrons. The number of furan rings is 1. The Morgan fingerprint density at radius 3 is 2.33 bits per heavy atom. The highest BCUT2D eigenvalue weighted by Gasteiger charge is 2.38. The molecule has 1 aromatic heterocycles. The van der Waals surface area contributed by atoms with Gasteiger partial charge in [-0.15, -0.1) is 0 Å². The molecular weight excluding hydrogens is 190 g/mol.